The molecule has 0 saturated carbocycles. The number of alkyl halides is 3. The Morgan fingerprint density at radius 3 is 2.83 bits per heavy atom. The number of rotatable bonds is 9. The molecular formula is C19H25F3N4O4. The maximum atomic E-state index is 13.0. The first-order chi connectivity index (χ1) is 14.2. The molecule has 2 N–H and O–H groups in total. The van der Waals surface area contributed by atoms with Gasteiger partial charge in [0.05, 0.1) is 18.0 Å². The van der Waals surface area contributed by atoms with Crippen LogP contribution in [-0.4, -0.2) is 57.5 Å². The van der Waals surface area contributed by atoms with E-state index in [1.807, 2.05) is 6.92 Å². The van der Waals surface area contributed by atoms with Crippen LogP contribution in [0.2, 0.25) is 0 Å². The molecule has 0 spiro atoms. The third-order valence-electron chi connectivity index (χ3n) is 4.96. The normalized spacial score (nSPS) is 17.5. The van der Waals surface area contributed by atoms with Crippen LogP contribution in [0, 0.1) is 5.92 Å². The second-order valence-electron chi connectivity index (χ2n) is 7.17. The molecule has 3 amide bonds. The van der Waals surface area contributed by atoms with Gasteiger partial charge in [-0.3, -0.25) is 19.6 Å². The summed E-state index contributed by atoms with van der Waals surface area (Å²) in [4.78, 5) is 41.5. The van der Waals surface area contributed by atoms with Crippen LogP contribution < -0.4 is 5.32 Å². The van der Waals surface area contributed by atoms with Crippen molar-refractivity contribution in [2.45, 2.75) is 51.2 Å². The fraction of sp³-hybridized carbons (Fsp3) is 0.579. The summed E-state index contributed by atoms with van der Waals surface area (Å²) >= 11 is 0. The molecule has 1 aromatic heterocycles. The first-order valence-corrected chi connectivity index (χ1v) is 9.72. The van der Waals surface area contributed by atoms with Crippen molar-refractivity contribution in [3.63, 3.8) is 0 Å². The summed E-state index contributed by atoms with van der Waals surface area (Å²) in [6.07, 6.45) is -0.571. The summed E-state index contributed by atoms with van der Waals surface area (Å²) in [7, 11) is 0. The molecular weight excluding hydrogens is 405 g/mol. The molecule has 30 heavy (non-hydrogen) atoms. The van der Waals surface area contributed by atoms with Crippen molar-refractivity contribution in [2.24, 2.45) is 5.92 Å². The average Bonchev–Trinajstić information content (AvgIpc) is 3.20. The molecule has 0 radical (unpaired) electrons. The molecule has 1 unspecified atom stereocenters. The number of carbonyl (C=O) groups excluding carboxylic acids is 3. The minimum Gasteiger partial charge on any atom is -0.330 e. The topological polar surface area (TPSA) is 103 Å². The highest BCUT2D eigenvalue weighted by atomic mass is 19.4. The van der Waals surface area contributed by atoms with Gasteiger partial charge in [-0.2, -0.15) is 13.2 Å². The van der Waals surface area contributed by atoms with Crippen LogP contribution in [0.4, 0.5) is 19.0 Å². The Labute approximate surface area is 172 Å². The fourth-order valence-corrected chi connectivity index (χ4v) is 3.43. The molecule has 1 aliphatic heterocycles. The van der Waals surface area contributed by atoms with Crippen molar-refractivity contribution in [2.75, 3.05) is 18.4 Å². The Morgan fingerprint density at radius 2 is 2.20 bits per heavy atom. The van der Waals surface area contributed by atoms with Gasteiger partial charge < -0.3 is 10.2 Å². The van der Waals surface area contributed by atoms with Gasteiger partial charge in [0, 0.05) is 12.7 Å². The van der Waals surface area contributed by atoms with E-state index in [-0.39, 0.29) is 24.7 Å². The van der Waals surface area contributed by atoms with Gasteiger partial charge in [0.1, 0.15) is 11.9 Å². The Bertz CT molecular complexity index is 760. The van der Waals surface area contributed by atoms with E-state index in [9.17, 15) is 32.8 Å². The van der Waals surface area contributed by atoms with Crippen LogP contribution in [0.5, 0.6) is 0 Å². The van der Waals surface area contributed by atoms with Crippen molar-refractivity contribution in [3.05, 3.63) is 23.9 Å². The predicted octanol–water partition coefficient (Wildman–Crippen LogP) is 2.68. The van der Waals surface area contributed by atoms with Crippen LogP contribution in [0.25, 0.3) is 0 Å². The van der Waals surface area contributed by atoms with Crippen molar-refractivity contribution >= 4 is 24.0 Å². The lowest BCUT2D eigenvalue weighted by Crippen LogP contribution is -2.47. The number of amides is 3. The SMILES string of the molecule is CCCC[C@H](CN(O)C=O)C(=O)N1CCCC1C(=O)Nc1cc(C(F)(F)F)ccn1. The van der Waals surface area contributed by atoms with Crippen molar-refractivity contribution in [1.29, 1.82) is 0 Å². The number of halogens is 3. The monoisotopic (exact) mass is 430 g/mol. The van der Waals surface area contributed by atoms with Gasteiger partial charge in [-0.1, -0.05) is 19.8 Å². The van der Waals surface area contributed by atoms with Gasteiger partial charge in [0.2, 0.25) is 18.2 Å². The Balaban J connectivity index is 2.12. The number of aromatic nitrogens is 1. The number of nitrogens with zero attached hydrogens (tertiary/aromatic N) is 3. The summed E-state index contributed by atoms with van der Waals surface area (Å²) in [5.41, 5.74) is -0.941. The van der Waals surface area contributed by atoms with Crippen LogP contribution in [0.15, 0.2) is 18.3 Å². The number of likely N-dealkylation sites (tertiary alicyclic amines) is 1. The molecule has 2 rings (SSSR count). The quantitative estimate of drug-likeness (QED) is 0.356. The zero-order valence-electron chi connectivity index (χ0n) is 16.6. The molecule has 1 aromatic rings. The number of nitrogens with one attached hydrogen (secondary N) is 1. The van der Waals surface area contributed by atoms with E-state index in [0.717, 1.165) is 24.8 Å². The van der Waals surface area contributed by atoms with Crippen molar-refractivity contribution < 1.29 is 32.8 Å². The Hall–Kier alpha value is -2.69. The number of hydrogen-bond donors (Lipinski definition) is 2. The predicted molar refractivity (Wildman–Crippen MR) is 100 cm³/mol. The number of anilines is 1. The zero-order valence-corrected chi connectivity index (χ0v) is 16.6. The largest absolute Gasteiger partial charge is 0.416 e. The van der Waals surface area contributed by atoms with Crippen LogP contribution >= 0.6 is 0 Å². The zero-order chi connectivity index (χ0) is 22.3. The highest BCUT2D eigenvalue weighted by Gasteiger charge is 2.38. The van der Waals surface area contributed by atoms with E-state index >= 15 is 0 Å². The molecule has 2 heterocycles. The summed E-state index contributed by atoms with van der Waals surface area (Å²) in [5.74, 6) is -1.93. The summed E-state index contributed by atoms with van der Waals surface area (Å²) in [6.45, 7) is 2.05. The molecule has 0 aromatic carbocycles. The first-order valence-electron chi connectivity index (χ1n) is 9.72. The van der Waals surface area contributed by atoms with Gasteiger partial charge in [-0.05, 0) is 31.4 Å². The van der Waals surface area contributed by atoms with Crippen molar-refractivity contribution in [3.8, 4) is 0 Å². The summed E-state index contributed by atoms with van der Waals surface area (Å²) < 4.78 is 38.6. The number of hydroxylamine groups is 2. The molecule has 0 bridgehead atoms. The van der Waals surface area contributed by atoms with Gasteiger partial charge in [0.25, 0.3) is 0 Å². The Morgan fingerprint density at radius 1 is 1.47 bits per heavy atom. The summed E-state index contributed by atoms with van der Waals surface area (Å²) in [6, 6.07) is 0.672. The lowest BCUT2D eigenvalue weighted by molar-refractivity contribution is -0.157. The molecule has 1 fully saturated rings. The third-order valence-corrected chi connectivity index (χ3v) is 4.96. The minimum atomic E-state index is -4.57. The Kier molecular flexibility index (Phi) is 8.16. The van der Waals surface area contributed by atoms with E-state index < -0.39 is 29.6 Å². The van der Waals surface area contributed by atoms with Gasteiger partial charge >= 0.3 is 6.18 Å². The van der Waals surface area contributed by atoms with Crippen LogP contribution in [-0.2, 0) is 20.6 Å². The average molecular weight is 430 g/mol. The van der Waals surface area contributed by atoms with E-state index in [1.165, 1.54) is 4.90 Å². The maximum Gasteiger partial charge on any atom is 0.416 e. The lowest BCUT2D eigenvalue weighted by atomic mass is 9.99. The highest BCUT2D eigenvalue weighted by molar-refractivity contribution is 5.97. The van der Waals surface area contributed by atoms with Crippen LogP contribution in [0.1, 0.15) is 44.6 Å². The van der Waals surface area contributed by atoms with Gasteiger partial charge in [-0.25, -0.2) is 10.0 Å². The second-order valence-corrected chi connectivity index (χ2v) is 7.17. The molecule has 1 aliphatic rings. The standard InChI is InChI=1S/C19H25F3N4O4/c1-2-3-5-13(11-25(30)12-27)18(29)26-9-4-6-15(26)17(28)24-16-10-14(7-8-23-16)19(20,21)22/h7-8,10,12-13,15,30H,2-6,9,11H2,1H3,(H,23,24,28)/t13-,15?/m1/s1. The van der Waals surface area contributed by atoms with E-state index in [0.29, 0.717) is 37.3 Å². The van der Waals surface area contributed by atoms with E-state index in [1.54, 1.807) is 0 Å². The molecule has 11 heteroatoms. The highest BCUT2D eigenvalue weighted by Crippen LogP contribution is 2.30. The fourth-order valence-electron chi connectivity index (χ4n) is 3.43. The van der Waals surface area contributed by atoms with Crippen molar-refractivity contribution in [1.82, 2.24) is 14.9 Å². The molecule has 0 aliphatic carbocycles. The second kappa shape index (κ2) is 10.4. The lowest BCUT2D eigenvalue weighted by Gasteiger charge is -2.29. The van der Waals surface area contributed by atoms with Crippen LogP contribution in [0.3, 0.4) is 0 Å². The molecule has 8 nitrogen and oxygen atoms in total. The molecule has 2 atom stereocenters. The smallest absolute Gasteiger partial charge is 0.330 e. The molecule has 1 saturated heterocycles. The minimum absolute atomic E-state index is 0.192. The van der Waals surface area contributed by atoms with E-state index in [4.69, 9.17) is 0 Å². The number of hydrogen-bond acceptors (Lipinski definition) is 5. The number of pyridine rings is 1. The third kappa shape index (κ3) is 6.15. The maximum absolute atomic E-state index is 13.0. The number of unbranched alkanes of at least 4 members (excludes halogenated alkanes) is 1. The summed E-state index contributed by atoms with van der Waals surface area (Å²) in [5, 5.41) is 12.3. The molecule has 166 valence electrons. The number of carbonyl (C=O) groups is 3. The van der Waals surface area contributed by atoms with Gasteiger partial charge in [-0.15, -0.1) is 0 Å². The van der Waals surface area contributed by atoms with E-state index in [2.05, 4.69) is 10.3 Å². The van der Waals surface area contributed by atoms with Gasteiger partial charge in [0.15, 0.2) is 0 Å². The first kappa shape index (κ1) is 23.6.